The summed E-state index contributed by atoms with van der Waals surface area (Å²) in [4.78, 5) is 14.3. The molecule has 104 valence electrons. The average Bonchev–Trinajstić information content (AvgIpc) is 2.83. The molecule has 4 nitrogen and oxygen atoms in total. The van der Waals surface area contributed by atoms with Gasteiger partial charge in [-0.1, -0.05) is 6.42 Å². The van der Waals surface area contributed by atoms with Gasteiger partial charge in [-0.15, -0.1) is 0 Å². The van der Waals surface area contributed by atoms with Gasteiger partial charge in [0.25, 0.3) is 0 Å². The minimum Gasteiger partial charge on any atom is -0.376 e. The van der Waals surface area contributed by atoms with E-state index in [0.29, 0.717) is 13.0 Å². The molecule has 2 N–H and O–H groups in total. The maximum absolute atomic E-state index is 12.3. The Balaban J connectivity index is 1.84. The number of nitrogens with zero attached hydrogens (tertiary/aromatic N) is 1. The van der Waals surface area contributed by atoms with E-state index in [1.807, 2.05) is 11.8 Å². The van der Waals surface area contributed by atoms with E-state index >= 15 is 0 Å². The summed E-state index contributed by atoms with van der Waals surface area (Å²) >= 11 is 0. The fourth-order valence-corrected chi connectivity index (χ4v) is 3.00. The van der Waals surface area contributed by atoms with Crippen LogP contribution in [0.25, 0.3) is 0 Å². The molecule has 1 aliphatic carbocycles. The van der Waals surface area contributed by atoms with E-state index in [4.69, 9.17) is 10.5 Å². The van der Waals surface area contributed by atoms with Crippen LogP contribution in [0.1, 0.15) is 45.4 Å². The van der Waals surface area contributed by atoms with Gasteiger partial charge in [0.2, 0.25) is 5.91 Å². The summed E-state index contributed by atoms with van der Waals surface area (Å²) in [6.07, 6.45) is 6.56. The summed E-state index contributed by atoms with van der Waals surface area (Å²) in [5.41, 5.74) is 5.94. The van der Waals surface area contributed by atoms with Gasteiger partial charge in [0.1, 0.15) is 0 Å². The van der Waals surface area contributed by atoms with Gasteiger partial charge in [-0.2, -0.15) is 0 Å². The Morgan fingerprint density at radius 1 is 1.44 bits per heavy atom. The minimum absolute atomic E-state index is 0.112. The van der Waals surface area contributed by atoms with Crippen molar-refractivity contribution in [1.29, 1.82) is 0 Å². The molecule has 1 saturated heterocycles. The van der Waals surface area contributed by atoms with Crippen molar-refractivity contribution < 1.29 is 9.53 Å². The molecule has 1 amide bonds. The van der Waals surface area contributed by atoms with Crippen LogP contribution in [0, 0.1) is 5.41 Å². The first kappa shape index (κ1) is 13.8. The van der Waals surface area contributed by atoms with Crippen molar-refractivity contribution in [3.63, 3.8) is 0 Å². The van der Waals surface area contributed by atoms with Crippen LogP contribution in [0.5, 0.6) is 0 Å². The number of rotatable bonds is 6. The highest BCUT2D eigenvalue weighted by molar-refractivity contribution is 5.77. The van der Waals surface area contributed by atoms with E-state index in [-0.39, 0.29) is 17.4 Å². The van der Waals surface area contributed by atoms with Crippen molar-refractivity contribution in [2.75, 3.05) is 26.2 Å². The van der Waals surface area contributed by atoms with Crippen molar-refractivity contribution in [2.24, 2.45) is 11.1 Å². The second kappa shape index (κ2) is 6.02. The first-order valence-electron chi connectivity index (χ1n) is 7.28. The molecule has 1 heterocycles. The second-order valence-electron chi connectivity index (χ2n) is 5.80. The third-order valence-electron chi connectivity index (χ3n) is 4.56. The molecule has 0 radical (unpaired) electrons. The SMILES string of the molecule is CCN(CC1CCCO1)C(=O)CC1(CN)CCC1. The monoisotopic (exact) mass is 254 g/mol. The number of hydrogen-bond donors (Lipinski definition) is 1. The average molecular weight is 254 g/mol. The van der Waals surface area contributed by atoms with Crippen LogP contribution in [-0.2, 0) is 9.53 Å². The Morgan fingerprint density at radius 3 is 2.67 bits per heavy atom. The number of amides is 1. The third-order valence-corrected chi connectivity index (χ3v) is 4.56. The summed E-state index contributed by atoms with van der Waals surface area (Å²) in [5, 5.41) is 0. The van der Waals surface area contributed by atoms with Crippen LogP contribution < -0.4 is 5.73 Å². The van der Waals surface area contributed by atoms with E-state index in [1.165, 1.54) is 6.42 Å². The number of carbonyl (C=O) groups excluding carboxylic acids is 1. The van der Waals surface area contributed by atoms with Crippen molar-refractivity contribution in [3.8, 4) is 0 Å². The first-order chi connectivity index (χ1) is 8.69. The van der Waals surface area contributed by atoms with Gasteiger partial charge >= 0.3 is 0 Å². The molecular weight excluding hydrogens is 228 g/mol. The third kappa shape index (κ3) is 3.04. The number of hydrogen-bond acceptors (Lipinski definition) is 3. The second-order valence-corrected chi connectivity index (χ2v) is 5.80. The molecule has 2 aliphatic rings. The highest BCUT2D eigenvalue weighted by Crippen LogP contribution is 2.43. The maximum Gasteiger partial charge on any atom is 0.223 e. The van der Waals surface area contributed by atoms with Gasteiger partial charge in [-0.05, 0) is 44.6 Å². The Morgan fingerprint density at radius 2 is 2.22 bits per heavy atom. The molecule has 0 aromatic heterocycles. The maximum atomic E-state index is 12.3. The fraction of sp³-hybridized carbons (Fsp3) is 0.929. The highest BCUT2D eigenvalue weighted by atomic mass is 16.5. The lowest BCUT2D eigenvalue weighted by molar-refractivity contribution is -0.136. The zero-order valence-electron chi connectivity index (χ0n) is 11.5. The molecule has 0 spiro atoms. The smallest absolute Gasteiger partial charge is 0.223 e. The van der Waals surface area contributed by atoms with E-state index in [0.717, 1.165) is 45.4 Å². The molecule has 18 heavy (non-hydrogen) atoms. The predicted molar refractivity (Wildman–Crippen MR) is 71.2 cm³/mol. The lowest BCUT2D eigenvalue weighted by Crippen LogP contribution is -2.45. The van der Waals surface area contributed by atoms with Crippen molar-refractivity contribution >= 4 is 5.91 Å². The lowest BCUT2D eigenvalue weighted by atomic mass is 9.66. The van der Waals surface area contributed by atoms with Crippen LogP contribution in [0.15, 0.2) is 0 Å². The normalized spacial score (nSPS) is 25.8. The van der Waals surface area contributed by atoms with E-state index in [9.17, 15) is 4.79 Å². The molecule has 1 unspecified atom stereocenters. The summed E-state index contributed by atoms with van der Waals surface area (Å²) in [6.45, 7) is 5.08. The molecule has 1 aliphatic heterocycles. The van der Waals surface area contributed by atoms with Crippen LogP contribution in [-0.4, -0.2) is 43.2 Å². The van der Waals surface area contributed by atoms with Crippen molar-refractivity contribution in [3.05, 3.63) is 0 Å². The Hall–Kier alpha value is -0.610. The first-order valence-corrected chi connectivity index (χ1v) is 7.28. The molecule has 2 rings (SSSR count). The molecule has 2 fully saturated rings. The predicted octanol–water partition coefficient (Wildman–Crippen LogP) is 1.53. The summed E-state index contributed by atoms with van der Waals surface area (Å²) in [7, 11) is 0. The van der Waals surface area contributed by atoms with Crippen LogP contribution >= 0.6 is 0 Å². The topological polar surface area (TPSA) is 55.6 Å². The molecule has 0 bridgehead atoms. The van der Waals surface area contributed by atoms with Gasteiger partial charge < -0.3 is 15.4 Å². The Labute approximate surface area is 110 Å². The fourth-order valence-electron chi connectivity index (χ4n) is 3.00. The van der Waals surface area contributed by atoms with Gasteiger partial charge in [0.05, 0.1) is 6.10 Å². The molecular formula is C14H26N2O2. The molecule has 1 atom stereocenters. The van der Waals surface area contributed by atoms with Crippen molar-refractivity contribution in [1.82, 2.24) is 4.90 Å². The summed E-state index contributed by atoms with van der Waals surface area (Å²) < 4.78 is 5.61. The highest BCUT2D eigenvalue weighted by Gasteiger charge is 2.38. The number of likely N-dealkylation sites (N-methyl/N-ethyl adjacent to an activating group) is 1. The zero-order chi connectivity index (χ0) is 13.0. The largest absolute Gasteiger partial charge is 0.376 e. The minimum atomic E-state index is 0.112. The number of nitrogens with two attached hydrogens (primary N) is 1. The number of ether oxygens (including phenoxy) is 1. The van der Waals surface area contributed by atoms with E-state index < -0.39 is 0 Å². The van der Waals surface area contributed by atoms with Gasteiger partial charge in [0, 0.05) is 26.1 Å². The standard InChI is InChI=1S/C14H26N2O2/c1-2-16(10-12-5-3-8-18-12)13(17)9-14(11-15)6-4-7-14/h12H,2-11,15H2,1H3. The molecule has 0 aromatic rings. The summed E-state index contributed by atoms with van der Waals surface area (Å²) in [5.74, 6) is 0.262. The lowest BCUT2D eigenvalue weighted by Gasteiger charge is -2.41. The molecule has 1 saturated carbocycles. The molecule has 0 aromatic carbocycles. The van der Waals surface area contributed by atoms with Gasteiger partial charge in [-0.25, -0.2) is 0 Å². The van der Waals surface area contributed by atoms with E-state index in [1.54, 1.807) is 0 Å². The Bertz CT molecular complexity index is 278. The van der Waals surface area contributed by atoms with Crippen LogP contribution in [0.3, 0.4) is 0 Å². The van der Waals surface area contributed by atoms with Crippen LogP contribution in [0.4, 0.5) is 0 Å². The zero-order valence-corrected chi connectivity index (χ0v) is 11.5. The van der Waals surface area contributed by atoms with Crippen LogP contribution in [0.2, 0.25) is 0 Å². The quantitative estimate of drug-likeness (QED) is 0.782. The van der Waals surface area contributed by atoms with E-state index in [2.05, 4.69) is 0 Å². The van der Waals surface area contributed by atoms with Crippen molar-refractivity contribution in [2.45, 2.75) is 51.6 Å². The van der Waals surface area contributed by atoms with Gasteiger partial charge in [0.15, 0.2) is 0 Å². The molecule has 4 heteroatoms. The van der Waals surface area contributed by atoms with Gasteiger partial charge in [-0.3, -0.25) is 4.79 Å². The summed E-state index contributed by atoms with van der Waals surface area (Å²) in [6, 6.07) is 0. The number of carbonyl (C=O) groups is 1. The Kier molecular flexibility index (Phi) is 4.62.